The molecule has 0 heterocycles. The average Bonchev–Trinajstić information content (AvgIpc) is 2.89. The highest BCUT2D eigenvalue weighted by molar-refractivity contribution is 6.06. The van der Waals surface area contributed by atoms with Gasteiger partial charge in [-0.3, -0.25) is 9.59 Å². The highest BCUT2D eigenvalue weighted by Gasteiger charge is 2.13. The molecule has 0 spiro atoms. The number of anilines is 3. The molecule has 0 aromatic heterocycles. The molecule has 0 fully saturated rings. The third kappa shape index (κ3) is 6.01. The zero-order valence-corrected chi connectivity index (χ0v) is 18.8. The molecule has 170 valence electrons. The molecule has 0 aliphatic rings. The molecule has 4 rings (SSSR count). The van der Waals surface area contributed by atoms with Crippen molar-refractivity contribution in [2.24, 2.45) is 0 Å². The van der Waals surface area contributed by atoms with Crippen LogP contribution in [0.15, 0.2) is 109 Å². The van der Waals surface area contributed by atoms with E-state index in [0.717, 1.165) is 17.1 Å². The molecule has 0 atom stereocenters. The van der Waals surface area contributed by atoms with Gasteiger partial charge in [-0.05, 0) is 72.8 Å². The van der Waals surface area contributed by atoms with Gasteiger partial charge in [0, 0.05) is 29.7 Å². The molecule has 0 radical (unpaired) electrons. The molecule has 0 aliphatic heterocycles. The standard InChI is InChI=1S/C28H25N3O3/c1-31(24-8-4-2-5-9-24)28(33)21-12-14-23(15-13-21)30-27(32)20-29-22-16-18-26(19-17-22)34-25-10-6-3-7-11-25/h2-19,29H,20H2,1H3,(H,30,32). The van der Waals surface area contributed by atoms with Crippen LogP contribution < -0.4 is 20.3 Å². The van der Waals surface area contributed by atoms with Gasteiger partial charge in [0.15, 0.2) is 0 Å². The van der Waals surface area contributed by atoms with Crippen molar-refractivity contribution in [2.75, 3.05) is 29.1 Å². The molecule has 2 N–H and O–H groups in total. The van der Waals surface area contributed by atoms with Gasteiger partial charge in [0.25, 0.3) is 5.91 Å². The Morgan fingerprint density at radius 3 is 1.91 bits per heavy atom. The minimum Gasteiger partial charge on any atom is -0.457 e. The summed E-state index contributed by atoms with van der Waals surface area (Å²) in [6.45, 7) is 0.107. The molecular formula is C28H25N3O3. The lowest BCUT2D eigenvalue weighted by molar-refractivity contribution is -0.114. The number of nitrogens with zero attached hydrogens (tertiary/aromatic N) is 1. The average molecular weight is 452 g/mol. The SMILES string of the molecule is CN(C(=O)c1ccc(NC(=O)CNc2ccc(Oc3ccccc3)cc2)cc1)c1ccccc1. The fourth-order valence-electron chi connectivity index (χ4n) is 3.31. The van der Waals surface area contributed by atoms with Gasteiger partial charge in [0.2, 0.25) is 5.91 Å². The Morgan fingerprint density at radius 1 is 0.706 bits per heavy atom. The van der Waals surface area contributed by atoms with Crippen LogP contribution in [-0.2, 0) is 4.79 Å². The van der Waals surface area contributed by atoms with Crippen molar-refractivity contribution in [3.63, 3.8) is 0 Å². The summed E-state index contributed by atoms with van der Waals surface area (Å²) in [5, 5.41) is 5.92. The van der Waals surface area contributed by atoms with E-state index in [2.05, 4.69) is 10.6 Å². The van der Waals surface area contributed by atoms with E-state index < -0.39 is 0 Å². The minimum atomic E-state index is -0.190. The zero-order valence-electron chi connectivity index (χ0n) is 18.8. The van der Waals surface area contributed by atoms with Gasteiger partial charge in [0.1, 0.15) is 11.5 Å². The van der Waals surface area contributed by atoms with Crippen molar-refractivity contribution in [1.29, 1.82) is 0 Å². The molecule has 0 aliphatic carbocycles. The summed E-state index contributed by atoms with van der Waals surface area (Å²) in [5.74, 6) is 1.17. The minimum absolute atomic E-state index is 0.107. The topological polar surface area (TPSA) is 70.7 Å². The monoisotopic (exact) mass is 451 g/mol. The Hall–Kier alpha value is -4.58. The first-order valence-corrected chi connectivity index (χ1v) is 10.9. The number of hydrogen-bond donors (Lipinski definition) is 2. The second-order valence-corrected chi connectivity index (χ2v) is 7.62. The van der Waals surface area contributed by atoms with Gasteiger partial charge in [-0.15, -0.1) is 0 Å². The number of nitrogens with one attached hydrogen (secondary N) is 2. The van der Waals surface area contributed by atoms with Crippen molar-refractivity contribution in [3.8, 4) is 11.5 Å². The number of benzene rings is 4. The number of hydrogen-bond acceptors (Lipinski definition) is 4. The maximum absolute atomic E-state index is 12.7. The first-order valence-electron chi connectivity index (χ1n) is 10.9. The van der Waals surface area contributed by atoms with E-state index in [1.807, 2.05) is 84.9 Å². The summed E-state index contributed by atoms with van der Waals surface area (Å²) in [4.78, 5) is 26.6. The van der Waals surface area contributed by atoms with Crippen LogP contribution in [0.1, 0.15) is 10.4 Å². The first-order chi connectivity index (χ1) is 16.6. The molecule has 2 amide bonds. The van der Waals surface area contributed by atoms with Crippen LogP contribution in [0.25, 0.3) is 0 Å². The smallest absolute Gasteiger partial charge is 0.258 e. The Labute approximate surface area is 198 Å². The Kier molecular flexibility index (Phi) is 7.20. The maximum atomic E-state index is 12.7. The Bertz CT molecular complexity index is 1230. The third-order valence-electron chi connectivity index (χ3n) is 5.15. The lowest BCUT2D eigenvalue weighted by atomic mass is 10.1. The van der Waals surface area contributed by atoms with Crippen LogP contribution in [0.5, 0.6) is 11.5 Å². The third-order valence-corrected chi connectivity index (χ3v) is 5.15. The van der Waals surface area contributed by atoms with Gasteiger partial charge in [-0.2, -0.15) is 0 Å². The summed E-state index contributed by atoms with van der Waals surface area (Å²) in [5.41, 5.74) is 2.79. The van der Waals surface area contributed by atoms with Crippen LogP contribution in [0.2, 0.25) is 0 Å². The number of rotatable bonds is 8. The molecule has 0 saturated heterocycles. The van der Waals surface area contributed by atoms with E-state index in [1.165, 1.54) is 0 Å². The highest BCUT2D eigenvalue weighted by atomic mass is 16.5. The molecule has 0 saturated carbocycles. The molecule has 4 aromatic carbocycles. The molecule has 6 heteroatoms. The van der Waals surface area contributed by atoms with Crippen LogP contribution in [0.3, 0.4) is 0 Å². The number of amides is 2. The van der Waals surface area contributed by atoms with Crippen LogP contribution in [0, 0.1) is 0 Å². The lowest BCUT2D eigenvalue weighted by Crippen LogP contribution is -2.26. The Morgan fingerprint density at radius 2 is 1.26 bits per heavy atom. The van der Waals surface area contributed by atoms with E-state index in [-0.39, 0.29) is 18.4 Å². The molecule has 6 nitrogen and oxygen atoms in total. The predicted molar refractivity (Wildman–Crippen MR) is 136 cm³/mol. The summed E-state index contributed by atoms with van der Waals surface area (Å²) < 4.78 is 5.77. The second-order valence-electron chi connectivity index (χ2n) is 7.62. The fourth-order valence-corrected chi connectivity index (χ4v) is 3.31. The van der Waals surface area contributed by atoms with Crippen molar-refractivity contribution in [2.45, 2.75) is 0 Å². The molecule has 0 bridgehead atoms. The second kappa shape index (κ2) is 10.8. The van der Waals surface area contributed by atoms with Crippen LogP contribution >= 0.6 is 0 Å². The first kappa shape index (κ1) is 22.6. The van der Waals surface area contributed by atoms with Gasteiger partial charge < -0.3 is 20.3 Å². The van der Waals surface area contributed by atoms with E-state index in [0.29, 0.717) is 17.0 Å². The maximum Gasteiger partial charge on any atom is 0.258 e. The van der Waals surface area contributed by atoms with E-state index in [9.17, 15) is 9.59 Å². The quantitative estimate of drug-likeness (QED) is 0.355. The lowest BCUT2D eigenvalue weighted by Gasteiger charge is -2.17. The zero-order chi connectivity index (χ0) is 23.8. The Balaban J connectivity index is 1.26. The van der Waals surface area contributed by atoms with Gasteiger partial charge in [0.05, 0.1) is 6.54 Å². The van der Waals surface area contributed by atoms with E-state index >= 15 is 0 Å². The number of carbonyl (C=O) groups is 2. The summed E-state index contributed by atoms with van der Waals surface area (Å²) in [7, 11) is 1.74. The van der Waals surface area contributed by atoms with Crippen molar-refractivity contribution in [3.05, 3.63) is 115 Å². The van der Waals surface area contributed by atoms with Crippen molar-refractivity contribution in [1.82, 2.24) is 0 Å². The molecule has 34 heavy (non-hydrogen) atoms. The van der Waals surface area contributed by atoms with Gasteiger partial charge in [-0.25, -0.2) is 0 Å². The van der Waals surface area contributed by atoms with Crippen molar-refractivity contribution >= 4 is 28.9 Å². The number of ether oxygens (including phenoxy) is 1. The predicted octanol–water partition coefficient (Wildman–Crippen LogP) is 5.81. The molecule has 0 unspecified atom stereocenters. The van der Waals surface area contributed by atoms with E-state index in [4.69, 9.17) is 4.74 Å². The van der Waals surface area contributed by atoms with Crippen molar-refractivity contribution < 1.29 is 14.3 Å². The normalized spacial score (nSPS) is 10.3. The fraction of sp³-hybridized carbons (Fsp3) is 0.0714. The highest BCUT2D eigenvalue weighted by Crippen LogP contribution is 2.22. The number of carbonyl (C=O) groups excluding carboxylic acids is 2. The van der Waals surface area contributed by atoms with Gasteiger partial charge in [-0.1, -0.05) is 36.4 Å². The van der Waals surface area contributed by atoms with Crippen LogP contribution in [-0.4, -0.2) is 25.4 Å². The largest absolute Gasteiger partial charge is 0.457 e. The molecule has 4 aromatic rings. The summed E-state index contributed by atoms with van der Waals surface area (Å²) in [6, 6.07) is 33.2. The summed E-state index contributed by atoms with van der Waals surface area (Å²) in [6.07, 6.45) is 0. The number of para-hydroxylation sites is 2. The summed E-state index contributed by atoms with van der Waals surface area (Å²) >= 11 is 0. The van der Waals surface area contributed by atoms with Gasteiger partial charge >= 0.3 is 0 Å². The molecular weight excluding hydrogens is 426 g/mol. The van der Waals surface area contributed by atoms with Crippen LogP contribution in [0.4, 0.5) is 17.1 Å². The van der Waals surface area contributed by atoms with E-state index in [1.54, 1.807) is 36.2 Å².